The molecule has 0 aromatic heterocycles. The summed E-state index contributed by atoms with van der Waals surface area (Å²) in [5, 5.41) is 0. The van der Waals surface area contributed by atoms with Crippen molar-refractivity contribution >= 4 is 0 Å². The van der Waals surface area contributed by atoms with Crippen LogP contribution in [0.1, 0.15) is 6.42 Å². The standard InChI is InChI=1S/C3H8N2.Ni/c4-2-1-3-5;/h4-5H,1-3H2;/q-2;+2. The van der Waals surface area contributed by atoms with Gasteiger partial charge in [0.15, 0.2) is 0 Å². The number of rotatable bonds is 2. The van der Waals surface area contributed by atoms with E-state index in [-0.39, 0.29) is 16.5 Å². The Morgan fingerprint density at radius 2 is 1.33 bits per heavy atom. The SMILES string of the molecule is [NH-]CCC[NH-].[Ni+2]. The van der Waals surface area contributed by atoms with Gasteiger partial charge in [-0.05, 0) is 0 Å². The van der Waals surface area contributed by atoms with Crippen LogP contribution in [0.4, 0.5) is 0 Å². The Labute approximate surface area is 48.2 Å². The molecular formula is C3H8N2Ni. The van der Waals surface area contributed by atoms with Crippen LogP contribution in [-0.2, 0) is 16.5 Å². The van der Waals surface area contributed by atoms with E-state index in [0.717, 1.165) is 6.42 Å². The first-order chi connectivity index (χ1) is 2.41. The zero-order valence-electron chi connectivity index (χ0n) is 3.44. The van der Waals surface area contributed by atoms with E-state index < -0.39 is 0 Å². The Kier molecular flexibility index (Phi) is 14.6. The number of hydrogen-bond donors (Lipinski definition) is 0. The molecule has 0 spiro atoms. The van der Waals surface area contributed by atoms with Gasteiger partial charge >= 0.3 is 16.5 Å². The van der Waals surface area contributed by atoms with Crippen LogP contribution < -0.4 is 0 Å². The molecule has 0 heterocycles. The first-order valence-corrected chi connectivity index (χ1v) is 1.71. The third kappa shape index (κ3) is 8.83. The van der Waals surface area contributed by atoms with Gasteiger partial charge in [0.2, 0.25) is 0 Å². The Morgan fingerprint density at radius 1 is 1.00 bits per heavy atom. The normalized spacial score (nSPS) is 7.00. The summed E-state index contributed by atoms with van der Waals surface area (Å²) in [5.74, 6) is 0. The monoisotopic (exact) mass is 130 g/mol. The Morgan fingerprint density at radius 3 is 1.33 bits per heavy atom. The van der Waals surface area contributed by atoms with Crippen molar-refractivity contribution in [1.29, 1.82) is 0 Å². The Balaban J connectivity index is 0. The molecule has 0 saturated heterocycles. The van der Waals surface area contributed by atoms with Crippen molar-refractivity contribution in [3.05, 3.63) is 11.5 Å². The van der Waals surface area contributed by atoms with Crippen LogP contribution in [0.2, 0.25) is 0 Å². The molecule has 0 fully saturated rings. The molecule has 0 aliphatic carbocycles. The van der Waals surface area contributed by atoms with Crippen molar-refractivity contribution in [3.8, 4) is 0 Å². The third-order valence-electron chi connectivity index (χ3n) is 0.354. The number of hydrogen-bond acceptors (Lipinski definition) is 0. The maximum absolute atomic E-state index is 6.48. The molecule has 2 nitrogen and oxygen atoms in total. The molecule has 0 aromatic carbocycles. The molecular weight excluding hydrogens is 123 g/mol. The van der Waals surface area contributed by atoms with Crippen molar-refractivity contribution in [2.24, 2.45) is 0 Å². The maximum Gasteiger partial charge on any atom is 2.00 e. The summed E-state index contributed by atoms with van der Waals surface area (Å²) in [6, 6.07) is 0. The zero-order valence-corrected chi connectivity index (χ0v) is 4.43. The van der Waals surface area contributed by atoms with Crippen LogP contribution in [0.3, 0.4) is 0 Å². The predicted molar refractivity (Wildman–Crippen MR) is 23.0 cm³/mol. The third-order valence-corrected chi connectivity index (χ3v) is 0.354. The molecule has 6 heavy (non-hydrogen) atoms. The van der Waals surface area contributed by atoms with Crippen molar-refractivity contribution in [3.63, 3.8) is 0 Å². The molecule has 0 aliphatic rings. The van der Waals surface area contributed by atoms with E-state index in [0.29, 0.717) is 13.1 Å². The predicted octanol–water partition coefficient (Wildman–Crippen LogP) is 1.48. The maximum atomic E-state index is 6.48. The van der Waals surface area contributed by atoms with E-state index >= 15 is 0 Å². The topological polar surface area (TPSA) is 47.6 Å². The van der Waals surface area contributed by atoms with Crippen LogP contribution in [0.25, 0.3) is 11.5 Å². The first-order valence-electron chi connectivity index (χ1n) is 1.71. The van der Waals surface area contributed by atoms with E-state index in [2.05, 4.69) is 0 Å². The van der Waals surface area contributed by atoms with Gasteiger partial charge < -0.3 is 11.5 Å². The molecule has 0 amide bonds. The van der Waals surface area contributed by atoms with E-state index in [4.69, 9.17) is 11.5 Å². The van der Waals surface area contributed by atoms with Gasteiger partial charge in [-0.15, -0.1) is 0 Å². The summed E-state index contributed by atoms with van der Waals surface area (Å²) < 4.78 is 0. The summed E-state index contributed by atoms with van der Waals surface area (Å²) in [7, 11) is 0. The second-order valence-corrected chi connectivity index (χ2v) is 0.854. The molecule has 0 radical (unpaired) electrons. The van der Waals surface area contributed by atoms with Crippen molar-refractivity contribution in [2.45, 2.75) is 6.42 Å². The van der Waals surface area contributed by atoms with Crippen molar-refractivity contribution in [1.82, 2.24) is 0 Å². The average molecular weight is 131 g/mol. The van der Waals surface area contributed by atoms with E-state index in [1.807, 2.05) is 0 Å². The summed E-state index contributed by atoms with van der Waals surface area (Å²) in [4.78, 5) is 0. The Hall–Kier alpha value is 0.414. The fraction of sp³-hybridized carbons (Fsp3) is 1.00. The van der Waals surface area contributed by atoms with Gasteiger partial charge in [0.05, 0.1) is 0 Å². The van der Waals surface area contributed by atoms with Gasteiger partial charge in [-0.2, -0.15) is 13.1 Å². The fourth-order valence-electron chi connectivity index (χ4n) is 0.0884. The molecule has 0 bridgehead atoms. The minimum atomic E-state index is 0. The Bertz CT molecular complexity index is 16.3. The molecule has 0 aromatic rings. The van der Waals surface area contributed by atoms with Crippen LogP contribution in [0.5, 0.6) is 0 Å². The minimum Gasteiger partial charge on any atom is -0.677 e. The van der Waals surface area contributed by atoms with Gasteiger partial charge in [-0.25, -0.2) is 0 Å². The van der Waals surface area contributed by atoms with Gasteiger partial charge in [0.25, 0.3) is 0 Å². The minimum absolute atomic E-state index is 0. The molecule has 0 unspecified atom stereocenters. The van der Waals surface area contributed by atoms with Crippen LogP contribution in [0.15, 0.2) is 0 Å². The summed E-state index contributed by atoms with van der Waals surface area (Å²) in [6.45, 7) is 0.812. The summed E-state index contributed by atoms with van der Waals surface area (Å²) in [5.41, 5.74) is 13.0. The van der Waals surface area contributed by atoms with Crippen LogP contribution in [0, 0.1) is 0 Å². The van der Waals surface area contributed by atoms with E-state index in [9.17, 15) is 0 Å². The van der Waals surface area contributed by atoms with Gasteiger partial charge in [0, 0.05) is 0 Å². The largest absolute Gasteiger partial charge is 2.00 e. The molecule has 0 aliphatic heterocycles. The van der Waals surface area contributed by atoms with Crippen molar-refractivity contribution < 1.29 is 16.5 Å². The second kappa shape index (κ2) is 9.05. The summed E-state index contributed by atoms with van der Waals surface area (Å²) in [6.07, 6.45) is 0.722. The van der Waals surface area contributed by atoms with E-state index in [1.54, 1.807) is 0 Å². The first kappa shape index (κ1) is 9.65. The molecule has 3 heteroatoms. The zero-order chi connectivity index (χ0) is 4.12. The van der Waals surface area contributed by atoms with Crippen molar-refractivity contribution in [2.75, 3.05) is 13.1 Å². The molecule has 0 rings (SSSR count). The van der Waals surface area contributed by atoms with Gasteiger partial charge in [0.1, 0.15) is 0 Å². The smallest absolute Gasteiger partial charge is 0.677 e. The molecule has 40 valence electrons. The summed E-state index contributed by atoms with van der Waals surface area (Å²) >= 11 is 0. The van der Waals surface area contributed by atoms with Gasteiger partial charge in [-0.3, -0.25) is 0 Å². The number of nitrogens with one attached hydrogen (secondary N) is 2. The quantitative estimate of drug-likeness (QED) is 0.509. The molecule has 2 N–H and O–H groups in total. The average Bonchev–Trinajstić information content (AvgIpc) is 1.41. The molecule has 0 atom stereocenters. The van der Waals surface area contributed by atoms with Crippen LogP contribution in [-0.4, -0.2) is 13.1 Å². The van der Waals surface area contributed by atoms with Gasteiger partial charge in [-0.1, -0.05) is 6.42 Å². The van der Waals surface area contributed by atoms with Crippen LogP contribution >= 0.6 is 0 Å². The molecule has 0 saturated carbocycles. The second-order valence-electron chi connectivity index (χ2n) is 0.854. The van der Waals surface area contributed by atoms with E-state index in [1.165, 1.54) is 0 Å². The fourth-order valence-corrected chi connectivity index (χ4v) is 0.0884.